The van der Waals surface area contributed by atoms with Crippen molar-refractivity contribution in [1.29, 1.82) is 0 Å². The van der Waals surface area contributed by atoms with Gasteiger partial charge in [0.1, 0.15) is 0 Å². The average molecular weight is 229 g/mol. The number of carbonyl (C=O) groups is 1. The highest BCUT2D eigenvalue weighted by atomic mass is 35.5. The van der Waals surface area contributed by atoms with E-state index >= 15 is 0 Å². The first-order chi connectivity index (χ1) is 6.50. The number of ketones is 1. The number of rotatable bonds is 3. The van der Waals surface area contributed by atoms with Gasteiger partial charge in [0.05, 0.1) is 5.02 Å². The van der Waals surface area contributed by atoms with Crippen LogP contribution >= 0.6 is 23.2 Å². The molecule has 0 unspecified atom stereocenters. The highest BCUT2D eigenvalue weighted by molar-refractivity contribution is 6.35. The van der Waals surface area contributed by atoms with Crippen LogP contribution in [0.1, 0.15) is 23.7 Å². The van der Waals surface area contributed by atoms with Gasteiger partial charge in [-0.15, -0.1) is 0 Å². The Bertz CT molecular complexity index is 383. The maximum atomic E-state index is 11.6. The Balaban J connectivity index is 3.00. The number of hydrogen-bond acceptors (Lipinski definition) is 1. The summed E-state index contributed by atoms with van der Waals surface area (Å²) in [5.74, 6) is -0.0509. The molecule has 0 saturated heterocycles. The Labute approximate surface area is 93.3 Å². The first kappa shape index (κ1) is 11.3. The Morgan fingerprint density at radius 3 is 2.64 bits per heavy atom. The van der Waals surface area contributed by atoms with Crippen LogP contribution in [0.3, 0.4) is 0 Å². The molecule has 14 heavy (non-hydrogen) atoms. The van der Waals surface area contributed by atoms with Gasteiger partial charge in [0, 0.05) is 17.0 Å². The van der Waals surface area contributed by atoms with Crippen molar-refractivity contribution >= 4 is 29.0 Å². The van der Waals surface area contributed by atoms with E-state index < -0.39 is 0 Å². The van der Waals surface area contributed by atoms with E-state index in [2.05, 4.69) is 6.58 Å². The maximum Gasteiger partial charge on any atom is 0.168 e. The lowest BCUT2D eigenvalue weighted by molar-refractivity contribution is 0.0993. The molecule has 0 N–H and O–H groups in total. The lowest BCUT2D eigenvalue weighted by Crippen LogP contribution is -2.00. The normalized spacial score (nSPS) is 9.93. The smallest absolute Gasteiger partial charge is 0.168 e. The summed E-state index contributed by atoms with van der Waals surface area (Å²) in [5, 5.41) is 0.945. The third-order valence-corrected chi connectivity index (χ3v) is 2.26. The third kappa shape index (κ3) is 2.86. The van der Waals surface area contributed by atoms with Crippen LogP contribution in [0.5, 0.6) is 0 Å². The fraction of sp³-hybridized carbons (Fsp3) is 0.182. The lowest BCUT2D eigenvalue weighted by Gasteiger charge is -2.03. The molecule has 0 heterocycles. The van der Waals surface area contributed by atoms with Crippen molar-refractivity contribution in [3.8, 4) is 0 Å². The number of allylic oxidation sites excluding steroid dienone is 1. The molecule has 0 aliphatic carbocycles. The van der Waals surface area contributed by atoms with Crippen LogP contribution in [0.4, 0.5) is 0 Å². The topological polar surface area (TPSA) is 17.1 Å². The molecule has 1 nitrogen and oxygen atoms in total. The summed E-state index contributed by atoms with van der Waals surface area (Å²) < 4.78 is 0. The van der Waals surface area contributed by atoms with Crippen molar-refractivity contribution in [3.63, 3.8) is 0 Å². The maximum absolute atomic E-state index is 11.6. The summed E-state index contributed by atoms with van der Waals surface area (Å²) >= 11 is 11.6. The molecule has 1 aromatic rings. The second-order valence-corrected chi connectivity index (χ2v) is 4.02. The van der Waals surface area contributed by atoms with Gasteiger partial charge in [-0.1, -0.05) is 35.4 Å². The number of hydrogen-bond donors (Lipinski definition) is 0. The average Bonchev–Trinajstić information content (AvgIpc) is 2.08. The van der Waals surface area contributed by atoms with Crippen molar-refractivity contribution in [3.05, 3.63) is 46.0 Å². The second kappa shape index (κ2) is 4.63. The van der Waals surface area contributed by atoms with E-state index in [1.165, 1.54) is 0 Å². The predicted molar refractivity (Wildman–Crippen MR) is 60.2 cm³/mol. The largest absolute Gasteiger partial charge is 0.294 e. The first-order valence-electron chi connectivity index (χ1n) is 4.13. The number of benzene rings is 1. The van der Waals surface area contributed by atoms with Crippen molar-refractivity contribution in [1.82, 2.24) is 0 Å². The van der Waals surface area contributed by atoms with Crippen molar-refractivity contribution in [2.45, 2.75) is 13.3 Å². The quantitative estimate of drug-likeness (QED) is 0.562. The molecule has 1 rings (SSSR count). The van der Waals surface area contributed by atoms with E-state index in [4.69, 9.17) is 23.2 Å². The minimum absolute atomic E-state index is 0.0509. The van der Waals surface area contributed by atoms with Crippen molar-refractivity contribution in [2.24, 2.45) is 0 Å². The third-order valence-electron chi connectivity index (χ3n) is 1.69. The molecule has 0 amide bonds. The zero-order chi connectivity index (χ0) is 10.7. The van der Waals surface area contributed by atoms with Gasteiger partial charge in [-0.25, -0.2) is 0 Å². The van der Waals surface area contributed by atoms with Gasteiger partial charge < -0.3 is 0 Å². The molecular weight excluding hydrogens is 219 g/mol. The summed E-state index contributed by atoms with van der Waals surface area (Å²) in [6.45, 7) is 5.48. The fourth-order valence-corrected chi connectivity index (χ4v) is 1.48. The number of halogens is 2. The van der Waals surface area contributed by atoms with Crippen molar-refractivity contribution < 1.29 is 4.79 Å². The highest BCUT2D eigenvalue weighted by Gasteiger charge is 2.10. The molecule has 74 valence electrons. The first-order valence-corrected chi connectivity index (χ1v) is 4.89. The molecule has 3 heteroatoms. The van der Waals surface area contributed by atoms with Gasteiger partial charge in [-0.3, -0.25) is 4.79 Å². The van der Waals surface area contributed by atoms with Gasteiger partial charge in [-0.2, -0.15) is 0 Å². The van der Waals surface area contributed by atoms with E-state index in [1.807, 2.05) is 0 Å². The van der Waals surface area contributed by atoms with E-state index in [9.17, 15) is 4.79 Å². The Morgan fingerprint density at radius 2 is 2.07 bits per heavy atom. The molecule has 0 aliphatic rings. The summed E-state index contributed by atoms with van der Waals surface area (Å²) in [6.07, 6.45) is 0.306. The Morgan fingerprint density at radius 1 is 1.43 bits per heavy atom. The van der Waals surface area contributed by atoms with Crippen LogP contribution in [0.2, 0.25) is 10.0 Å². The van der Waals surface area contributed by atoms with Crippen LogP contribution in [0, 0.1) is 0 Å². The Hall–Kier alpha value is -0.790. The zero-order valence-corrected chi connectivity index (χ0v) is 9.32. The summed E-state index contributed by atoms with van der Waals surface area (Å²) in [5.41, 5.74) is 1.27. The lowest BCUT2D eigenvalue weighted by atomic mass is 10.1. The highest BCUT2D eigenvalue weighted by Crippen LogP contribution is 2.22. The van der Waals surface area contributed by atoms with E-state index in [0.29, 0.717) is 22.0 Å². The number of Topliss-reactive ketones (excluding diaryl/α,β-unsaturated/α-hetero) is 1. The van der Waals surface area contributed by atoms with Crippen LogP contribution in [0.15, 0.2) is 30.4 Å². The summed E-state index contributed by atoms with van der Waals surface area (Å²) in [4.78, 5) is 11.6. The van der Waals surface area contributed by atoms with E-state index in [1.54, 1.807) is 25.1 Å². The minimum Gasteiger partial charge on any atom is -0.294 e. The molecule has 0 saturated carbocycles. The van der Waals surface area contributed by atoms with Gasteiger partial charge in [0.15, 0.2) is 5.78 Å². The van der Waals surface area contributed by atoms with E-state index in [-0.39, 0.29) is 5.78 Å². The van der Waals surface area contributed by atoms with Crippen LogP contribution in [0.25, 0.3) is 0 Å². The molecule has 0 bridgehead atoms. The molecule has 0 radical (unpaired) electrons. The van der Waals surface area contributed by atoms with E-state index in [0.717, 1.165) is 5.57 Å². The SMILES string of the molecule is C=C(C)CC(=O)c1cc(Cl)ccc1Cl. The van der Waals surface area contributed by atoms with Crippen LogP contribution < -0.4 is 0 Å². The molecular formula is C11H10Cl2O. The standard InChI is InChI=1S/C11H10Cl2O/c1-7(2)5-11(14)9-6-8(12)3-4-10(9)13/h3-4,6H,1,5H2,2H3. The fourth-order valence-electron chi connectivity index (χ4n) is 1.08. The number of carbonyl (C=O) groups excluding carboxylic acids is 1. The van der Waals surface area contributed by atoms with Gasteiger partial charge in [0.2, 0.25) is 0 Å². The Kier molecular flexibility index (Phi) is 3.73. The van der Waals surface area contributed by atoms with Crippen LogP contribution in [-0.4, -0.2) is 5.78 Å². The predicted octanol–water partition coefficient (Wildman–Crippen LogP) is 4.14. The molecule has 0 atom stereocenters. The van der Waals surface area contributed by atoms with Gasteiger partial charge in [-0.05, 0) is 25.1 Å². The second-order valence-electron chi connectivity index (χ2n) is 3.18. The monoisotopic (exact) mass is 228 g/mol. The molecule has 1 aromatic carbocycles. The zero-order valence-electron chi connectivity index (χ0n) is 7.81. The molecule has 0 spiro atoms. The summed E-state index contributed by atoms with van der Waals surface area (Å²) in [7, 11) is 0. The molecule has 0 fully saturated rings. The summed E-state index contributed by atoms with van der Waals surface area (Å²) in [6, 6.07) is 4.85. The van der Waals surface area contributed by atoms with Gasteiger partial charge in [0.25, 0.3) is 0 Å². The molecule has 0 aliphatic heterocycles. The molecule has 0 aromatic heterocycles. The van der Waals surface area contributed by atoms with Gasteiger partial charge >= 0.3 is 0 Å². The van der Waals surface area contributed by atoms with Crippen molar-refractivity contribution in [2.75, 3.05) is 0 Å². The minimum atomic E-state index is -0.0509. The van der Waals surface area contributed by atoms with Crippen LogP contribution in [-0.2, 0) is 0 Å².